The van der Waals surface area contributed by atoms with Crippen LogP contribution in [-0.2, 0) is 18.4 Å². The molecule has 5 heteroatoms. The van der Waals surface area contributed by atoms with Crippen LogP contribution in [0, 0.1) is 5.92 Å². The lowest BCUT2D eigenvalue weighted by molar-refractivity contribution is -0.124. The van der Waals surface area contributed by atoms with E-state index in [2.05, 4.69) is 15.4 Å². The summed E-state index contributed by atoms with van der Waals surface area (Å²) in [6.07, 6.45) is 3.51. The topological polar surface area (TPSA) is 59.8 Å². The molecular formula is C14H18N4O. The van der Waals surface area contributed by atoms with E-state index in [4.69, 9.17) is 0 Å². The van der Waals surface area contributed by atoms with E-state index in [0.717, 1.165) is 17.0 Å². The number of pyridine rings is 1. The minimum Gasteiger partial charge on any atom is -0.350 e. The van der Waals surface area contributed by atoms with Crippen molar-refractivity contribution in [2.45, 2.75) is 20.4 Å². The average Bonchev–Trinajstić information content (AvgIpc) is 2.78. The highest BCUT2D eigenvalue weighted by Crippen LogP contribution is 2.18. The first-order chi connectivity index (χ1) is 9.08. The normalized spacial score (nSPS) is 10.7. The molecule has 0 spiro atoms. The van der Waals surface area contributed by atoms with Gasteiger partial charge < -0.3 is 5.32 Å². The number of rotatable bonds is 4. The van der Waals surface area contributed by atoms with Crippen LogP contribution in [0.25, 0.3) is 11.3 Å². The maximum Gasteiger partial charge on any atom is 0.222 e. The average molecular weight is 258 g/mol. The van der Waals surface area contributed by atoms with E-state index in [0.29, 0.717) is 6.54 Å². The highest BCUT2D eigenvalue weighted by molar-refractivity contribution is 5.77. The summed E-state index contributed by atoms with van der Waals surface area (Å²) in [6.45, 7) is 4.20. The lowest BCUT2D eigenvalue weighted by Crippen LogP contribution is -2.27. The Labute approximate surface area is 112 Å². The van der Waals surface area contributed by atoms with Gasteiger partial charge >= 0.3 is 0 Å². The first-order valence-electron chi connectivity index (χ1n) is 6.29. The summed E-state index contributed by atoms with van der Waals surface area (Å²) in [5.41, 5.74) is 2.92. The highest BCUT2D eigenvalue weighted by atomic mass is 16.1. The second kappa shape index (κ2) is 5.65. The number of carbonyl (C=O) groups excluding carboxylic acids is 1. The van der Waals surface area contributed by atoms with E-state index in [9.17, 15) is 4.79 Å². The summed E-state index contributed by atoms with van der Waals surface area (Å²) >= 11 is 0. The van der Waals surface area contributed by atoms with Gasteiger partial charge in [-0.2, -0.15) is 5.10 Å². The number of nitrogens with zero attached hydrogens (tertiary/aromatic N) is 3. The van der Waals surface area contributed by atoms with Gasteiger partial charge in [-0.15, -0.1) is 0 Å². The van der Waals surface area contributed by atoms with Crippen LogP contribution in [0.5, 0.6) is 0 Å². The van der Waals surface area contributed by atoms with Crippen molar-refractivity contribution in [3.05, 3.63) is 36.3 Å². The van der Waals surface area contributed by atoms with E-state index >= 15 is 0 Å². The van der Waals surface area contributed by atoms with Crippen molar-refractivity contribution in [1.29, 1.82) is 0 Å². The van der Waals surface area contributed by atoms with Gasteiger partial charge in [0.05, 0.1) is 17.9 Å². The Morgan fingerprint density at radius 2 is 2.05 bits per heavy atom. The van der Waals surface area contributed by atoms with E-state index in [-0.39, 0.29) is 11.8 Å². The Bertz CT molecular complexity index is 560. The first-order valence-corrected chi connectivity index (χ1v) is 6.29. The van der Waals surface area contributed by atoms with Crippen molar-refractivity contribution in [2.75, 3.05) is 0 Å². The molecule has 0 aromatic carbocycles. The number of hydrogen-bond donors (Lipinski definition) is 1. The van der Waals surface area contributed by atoms with E-state index in [1.807, 2.05) is 43.8 Å². The number of amides is 1. The molecule has 0 saturated heterocycles. The summed E-state index contributed by atoms with van der Waals surface area (Å²) in [5.74, 6) is 0.0273. The number of carbonyl (C=O) groups is 1. The standard InChI is InChI=1S/C14H18N4O/c1-10(2)14(19)16-9-12-8-13(18(3)17-12)11-4-6-15-7-5-11/h4-8,10H,9H2,1-3H3,(H,16,19). The van der Waals surface area contributed by atoms with Gasteiger partial charge in [-0.25, -0.2) is 0 Å². The van der Waals surface area contributed by atoms with Crippen molar-refractivity contribution < 1.29 is 4.79 Å². The molecule has 1 N–H and O–H groups in total. The molecule has 1 amide bonds. The second-order valence-electron chi connectivity index (χ2n) is 4.75. The number of hydrogen-bond acceptors (Lipinski definition) is 3. The fourth-order valence-corrected chi connectivity index (χ4v) is 1.79. The van der Waals surface area contributed by atoms with Crippen molar-refractivity contribution in [2.24, 2.45) is 13.0 Å². The summed E-state index contributed by atoms with van der Waals surface area (Å²) in [5, 5.41) is 7.26. The van der Waals surface area contributed by atoms with Crippen LogP contribution in [0.3, 0.4) is 0 Å². The molecular weight excluding hydrogens is 240 g/mol. The zero-order valence-electron chi connectivity index (χ0n) is 11.4. The minimum atomic E-state index is -0.0108. The predicted octanol–water partition coefficient (Wildman–Crippen LogP) is 1.75. The molecule has 0 radical (unpaired) electrons. The van der Waals surface area contributed by atoms with E-state index in [1.54, 1.807) is 12.4 Å². The zero-order valence-corrected chi connectivity index (χ0v) is 11.4. The monoisotopic (exact) mass is 258 g/mol. The molecule has 0 unspecified atom stereocenters. The van der Waals surface area contributed by atoms with Gasteiger partial charge in [0, 0.05) is 30.9 Å². The molecule has 0 aliphatic carbocycles. The fourth-order valence-electron chi connectivity index (χ4n) is 1.79. The summed E-state index contributed by atoms with van der Waals surface area (Å²) in [4.78, 5) is 15.5. The Kier molecular flexibility index (Phi) is 3.94. The molecule has 0 aliphatic rings. The lowest BCUT2D eigenvalue weighted by atomic mass is 10.2. The van der Waals surface area contributed by atoms with E-state index < -0.39 is 0 Å². The molecule has 2 heterocycles. The minimum absolute atomic E-state index is 0.0108. The smallest absolute Gasteiger partial charge is 0.222 e. The molecule has 0 atom stereocenters. The number of nitrogens with one attached hydrogen (secondary N) is 1. The number of aromatic nitrogens is 3. The Hall–Kier alpha value is -2.17. The Balaban J connectivity index is 2.11. The van der Waals surface area contributed by atoms with Crippen molar-refractivity contribution in [3.8, 4) is 11.3 Å². The largest absolute Gasteiger partial charge is 0.350 e. The van der Waals surface area contributed by atoms with Gasteiger partial charge in [0.25, 0.3) is 0 Å². The van der Waals surface area contributed by atoms with Crippen LogP contribution in [0.2, 0.25) is 0 Å². The predicted molar refractivity (Wildman–Crippen MR) is 73.1 cm³/mol. The van der Waals surface area contributed by atoms with Crippen molar-refractivity contribution >= 4 is 5.91 Å². The van der Waals surface area contributed by atoms with Gasteiger partial charge in [-0.3, -0.25) is 14.5 Å². The van der Waals surface area contributed by atoms with Gasteiger partial charge in [-0.05, 0) is 18.2 Å². The maximum atomic E-state index is 11.5. The Morgan fingerprint density at radius 1 is 1.37 bits per heavy atom. The molecule has 0 aliphatic heterocycles. The van der Waals surface area contributed by atoms with Crippen molar-refractivity contribution in [1.82, 2.24) is 20.1 Å². The van der Waals surface area contributed by atoms with Crippen LogP contribution >= 0.6 is 0 Å². The van der Waals surface area contributed by atoms with Gasteiger partial charge in [-0.1, -0.05) is 13.8 Å². The van der Waals surface area contributed by atoms with Crippen LogP contribution in [0.15, 0.2) is 30.6 Å². The first kappa shape index (κ1) is 13.3. The molecule has 0 fully saturated rings. The fraction of sp³-hybridized carbons (Fsp3) is 0.357. The molecule has 2 rings (SSSR count). The summed E-state index contributed by atoms with van der Waals surface area (Å²) in [7, 11) is 1.89. The second-order valence-corrected chi connectivity index (χ2v) is 4.75. The SMILES string of the molecule is CC(C)C(=O)NCc1cc(-c2ccncc2)n(C)n1. The molecule has 100 valence electrons. The molecule has 2 aromatic rings. The van der Waals surface area contributed by atoms with Crippen LogP contribution in [-0.4, -0.2) is 20.7 Å². The molecule has 19 heavy (non-hydrogen) atoms. The zero-order chi connectivity index (χ0) is 13.8. The van der Waals surface area contributed by atoms with Gasteiger partial charge in [0.1, 0.15) is 0 Å². The third kappa shape index (κ3) is 3.19. The van der Waals surface area contributed by atoms with Gasteiger partial charge in [0.15, 0.2) is 0 Å². The molecule has 2 aromatic heterocycles. The molecule has 0 saturated carbocycles. The van der Waals surface area contributed by atoms with Crippen LogP contribution in [0.1, 0.15) is 19.5 Å². The van der Waals surface area contributed by atoms with E-state index in [1.165, 1.54) is 0 Å². The number of aryl methyl sites for hydroxylation is 1. The Morgan fingerprint density at radius 3 is 2.68 bits per heavy atom. The molecule has 0 bridgehead atoms. The van der Waals surface area contributed by atoms with Crippen molar-refractivity contribution in [3.63, 3.8) is 0 Å². The van der Waals surface area contributed by atoms with Crippen LogP contribution in [0.4, 0.5) is 0 Å². The molecule has 5 nitrogen and oxygen atoms in total. The van der Waals surface area contributed by atoms with Crippen LogP contribution < -0.4 is 5.32 Å². The lowest BCUT2D eigenvalue weighted by Gasteiger charge is -2.04. The summed E-state index contributed by atoms with van der Waals surface area (Å²) in [6, 6.07) is 5.86. The quantitative estimate of drug-likeness (QED) is 0.909. The third-order valence-corrected chi connectivity index (χ3v) is 2.87. The third-order valence-electron chi connectivity index (χ3n) is 2.87. The highest BCUT2D eigenvalue weighted by Gasteiger charge is 2.10. The van der Waals surface area contributed by atoms with Gasteiger partial charge in [0.2, 0.25) is 5.91 Å². The maximum absolute atomic E-state index is 11.5. The summed E-state index contributed by atoms with van der Waals surface area (Å²) < 4.78 is 1.81.